The molecule has 44 heavy (non-hydrogen) atoms. The first-order valence-electron chi connectivity index (χ1n) is 13.5. The lowest BCUT2D eigenvalue weighted by Crippen LogP contribution is -2.61. The number of hydrogen-bond acceptors (Lipinski definition) is 5. The van der Waals surface area contributed by atoms with Gasteiger partial charge in [-0.2, -0.15) is 13.2 Å². The van der Waals surface area contributed by atoms with Gasteiger partial charge in [0.05, 0.1) is 29.6 Å². The number of halogens is 5. The molecule has 1 heterocycles. The second-order valence-corrected chi connectivity index (χ2v) is 13.8. The first kappa shape index (κ1) is 33.6. The van der Waals surface area contributed by atoms with E-state index in [1.165, 1.54) is 0 Å². The average Bonchev–Trinajstić information content (AvgIpc) is 2.90. The van der Waals surface area contributed by atoms with Crippen LogP contribution >= 0.6 is 23.2 Å². The molecular weight excluding hydrogens is 640 g/mol. The van der Waals surface area contributed by atoms with Crippen LogP contribution in [0.4, 0.5) is 18.9 Å². The van der Waals surface area contributed by atoms with E-state index in [9.17, 15) is 31.2 Å². The molecule has 3 aromatic carbocycles. The molecule has 1 fully saturated rings. The van der Waals surface area contributed by atoms with Crippen LogP contribution in [0.2, 0.25) is 10.0 Å². The molecule has 3 N–H and O–H groups in total. The lowest BCUT2D eigenvalue weighted by atomic mass is 9.93. The van der Waals surface area contributed by atoms with Gasteiger partial charge in [0.25, 0.3) is 5.91 Å². The Labute approximate surface area is 264 Å². The van der Waals surface area contributed by atoms with Crippen LogP contribution in [0.25, 0.3) is 0 Å². The Morgan fingerprint density at radius 2 is 1.45 bits per heavy atom. The van der Waals surface area contributed by atoms with E-state index >= 15 is 0 Å². The van der Waals surface area contributed by atoms with E-state index < -0.39 is 57.1 Å². The van der Waals surface area contributed by atoms with Gasteiger partial charge in [0.15, 0.2) is 0 Å². The van der Waals surface area contributed by atoms with Crippen LogP contribution in [0, 0.1) is 5.92 Å². The summed E-state index contributed by atoms with van der Waals surface area (Å²) in [5.74, 6) is -2.29. The van der Waals surface area contributed by atoms with Crippen molar-refractivity contribution in [3.63, 3.8) is 0 Å². The van der Waals surface area contributed by atoms with Crippen LogP contribution in [0.3, 0.4) is 0 Å². The van der Waals surface area contributed by atoms with Crippen molar-refractivity contribution in [3.05, 3.63) is 99.0 Å². The van der Waals surface area contributed by atoms with Crippen LogP contribution in [-0.4, -0.2) is 56.6 Å². The fraction of sp³-hybridized carbons (Fsp3) is 0.333. The summed E-state index contributed by atoms with van der Waals surface area (Å²) in [5.41, 5.74) is 5.09. The van der Waals surface area contributed by atoms with Crippen molar-refractivity contribution in [2.75, 3.05) is 23.7 Å². The number of nitrogens with two attached hydrogens (primary N) is 1. The monoisotopic (exact) mass is 670 g/mol. The van der Waals surface area contributed by atoms with Crippen molar-refractivity contribution < 1.29 is 31.2 Å². The van der Waals surface area contributed by atoms with Gasteiger partial charge in [0.1, 0.15) is 6.04 Å². The van der Waals surface area contributed by atoms with Gasteiger partial charge in [0.2, 0.25) is 15.9 Å². The van der Waals surface area contributed by atoms with Gasteiger partial charge in [-0.05, 0) is 59.5 Å². The van der Waals surface area contributed by atoms with E-state index in [-0.39, 0.29) is 24.8 Å². The summed E-state index contributed by atoms with van der Waals surface area (Å²) in [5, 5.41) is 3.43. The smallest absolute Gasteiger partial charge is 0.368 e. The Morgan fingerprint density at radius 3 is 1.86 bits per heavy atom. The number of carbonyl (C=O) groups excluding carboxylic acids is 2. The van der Waals surface area contributed by atoms with Gasteiger partial charge in [-0.1, -0.05) is 61.3 Å². The molecule has 1 unspecified atom stereocenters. The van der Waals surface area contributed by atoms with E-state index in [2.05, 4.69) is 5.32 Å². The summed E-state index contributed by atoms with van der Waals surface area (Å²) in [4.78, 5) is 26.8. The van der Waals surface area contributed by atoms with Crippen molar-refractivity contribution in [3.8, 4) is 0 Å². The maximum atomic E-state index is 14.0. The normalized spacial score (nSPS) is 15.2. The summed E-state index contributed by atoms with van der Waals surface area (Å²) < 4.78 is 69.0. The number of primary amides is 1. The third-order valence-electron chi connectivity index (χ3n) is 7.34. The number of carbonyl (C=O) groups is 2. The molecule has 0 bridgehead atoms. The fourth-order valence-electron chi connectivity index (χ4n) is 5.25. The molecule has 1 aliphatic heterocycles. The van der Waals surface area contributed by atoms with Crippen LogP contribution in [0.15, 0.2) is 66.7 Å². The molecule has 2 amide bonds. The molecule has 0 aromatic heterocycles. The highest BCUT2D eigenvalue weighted by atomic mass is 35.5. The maximum absolute atomic E-state index is 14.0. The molecule has 1 saturated heterocycles. The van der Waals surface area contributed by atoms with Crippen LogP contribution in [-0.2, 0) is 21.0 Å². The molecule has 0 spiro atoms. The summed E-state index contributed by atoms with van der Waals surface area (Å²) in [6, 6.07) is 14.5. The van der Waals surface area contributed by atoms with Gasteiger partial charge in [-0.3, -0.25) is 18.8 Å². The number of hydrogen-bond donors (Lipinski definition) is 2. The summed E-state index contributed by atoms with van der Waals surface area (Å²) in [6.07, 6.45) is -4.00. The summed E-state index contributed by atoms with van der Waals surface area (Å²) >= 11 is 12.2. The van der Waals surface area contributed by atoms with Crippen molar-refractivity contribution in [1.82, 2.24) is 10.2 Å². The number of nitrogens with one attached hydrogen (secondary N) is 1. The van der Waals surface area contributed by atoms with Gasteiger partial charge in [-0.15, -0.1) is 0 Å². The second-order valence-electron chi connectivity index (χ2n) is 11.0. The zero-order chi connectivity index (χ0) is 32.6. The van der Waals surface area contributed by atoms with Crippen molar-refractivity contribution in [2.45, 2.75) is 38.1 Å². The Kier molecular flexibility index (Phi) is 9.89. The Morgan fingerprint density at radius 1 is 0.955 bits per heavy atom. The summed E-state index contributed by atoms with van der Waals surface area (Å²) in [6.45, 7) is 3.56. The predicted octanol–water partition coefficient (Wildman–Crippen LogP) is 5.49. The Bertz CT molecular complexity index is 1580. The van der Waals surface area contributed by atoms with E-state index in [1.807, 2.05) is 29.2 Å². The zero-order valence-electron chi connectivity index (χ0n) is 24.0. The minimum atomic E-state index is -4.89. The van der Waals surface area contributed by atoms with Gasteiger partial charge < -0.3 is 11.1 Å². The van der Waals surface area contributed by atoms with Crippen molar-refractivity contribution >= 4 is 50.7 Å². The first-order chi connectivity index (χ1) is 20.5. The standard InChI is InChI=1S/C30H31Cl2F3N4O4S/c1-17(2)26(28(36)40)37-29(41)20-12-21(30(33,34)35)14-24(13-20)39(44(3,42)43)25-15-38(16-25)27(18-4-8-22(31)9-5-18)19-6-10-23(32)11-7-19/h4-14,17,25-27H,15-16H2,1-3H3,(H2,36,40)(H,37,41). The molecule has 0 aliphatic carbocycles. The van der Waals surface area contributed by atoms with Crippen molar-refractivity contribution in [1.29, 1.82) is 0 Å². The fourth-order valence-corrected chi connectivity index (χ4v) is 6.66. The minimum absolute atomic E-state index is 0.165. The number of amides is 2. The zero-order valence-corrected chi connectivity index (χ0v) is 26.3. The number of sulfonamides is 1. The van der Waals surface area contributed by atoms with E-state index in [0.29, 0.717) is 22.2 Å². The molecule has 1 atom stereocenters. The number of alkyl halides is 3. The minimum Gasteiger partial charge on any atom is -0.368 e. The predicted molar refractivity (Wildman–Crippen MR) is 164 cm³/mol. The van der Waals surface area contributed by atoms with Crippen LogP contribution in [0.1, 0.15) is 46.9 Å². The van der Waals surface area contributed by atoms with E-state index in [4.69, 9.17) is 28.9 Å². The highest BCUT2D eigenvalue weighted by Gasteiger charge is 2.42. The highest BCUT2D eigenvalue weighted by Crippen LogP contribution is 2.39. The lowest BCUT2D eigenvalue weighted by Gasteiger charge is -2.49. The Hall–Kier alpha value is -3.32. The molecule has 14 heteroatoms. The topological polar surface area (TPSA) is 113 Å². The Balaban J connectivity index is 1.71. The van der Waals surface area contributed by atoms with E-state index in [1.54, 1.807) is 38.1 Å². The van der Waals surface area contributed by atoms with Crippen molar-refractivity contribution in [2.24, 2.45) is 11.7 Å². The quantitative estimate of drug-likeness (QED) is 0.296. The highest BCUT2D eigenvalue weighted by molar-refractivity contribution is 7.92. The number of anilines is 1. The number of benzene rings is 3. The first-order valence-corrected chi connectivity index (χ1v) is 16.1. The number of likely N-dealkylation sites (tertiary alicyclic amines) is 1. The molecule has 0 saturated carbocycles. The third kappa shape index (κ3) is 7.66. The second kappa shape index (κ2) is 13.0. The molecule has 1 aliphatic rings. The molecule has 8 nitrogen and oxygen atoms in total. The molecule has 236 valence electrons. The molecule has 3 aromatic rings. The van der Waals surface area contributed by atoms with E-state index in [0.717, 1.165) is 27.8 Å². The summed E-state index contributed by atoms with van der Waals surface area (Å²) in [7, 11) is -4.12. The lowest BCUT2D eigenvalue weighted by molar-refractivity contribution is -0.137. The number of nitrogens with zero attached hydrogens (tertiary/aromatic N) is 2. The maximum Gasteiger partial charge on any atom is 0.416 e. The molecule has 0 radical (unpaired) electrons. The van der Waals surface area contributed by atoms with Gasteiger partial charge in [0, 0.05) is 28.7 Å². The molecular formula is C30H31Cl2F3N4O4S. The average molecular weight is 672 g/mol. The third-order valence-corrected chi connectivity index (χ3v) is 9.07. The SMILES string of the molecule is CC(C)C(NC(=O)c1cc(N(C2CN(C(c3ccc(Cl)cc3)c3ccc(Cl)cc3)C2)S(C)(=O)=O)cc(C(F)(F)F)c1)C(N)=O. The van der Waals surface area contributed by atoms with Crippen LogP contribution < -0.4 is 15.4 Å². The van der Waals surface area contributed by atoms with Gasteiger partial charge in [-0.25, -0.2) is 8.42 Å². The van der Waals surface area contributed by atoms with Gasteiger partial charge >= 0.3 is 6.18 Å². The number of rotatable bonds is 10. The molecule has 4 rings (SSSR count). The van der Waals surface area contributed by atoms with Crippen LogP contribution in [0.5, 0.6) is 0 Å². The largest absolute Gasteiger partial charge is 0.416 e.